The van der Waals surface area contributed by atoms with Gasteiger partial charge in [-0.15, -0.1) is 0 Å². The summed E-state index contributed by atoms with van der Waals surface area (Å²) < 4.78 is 1.03. The molecule has 2 N–H and O–H groups in total. The fourth-order valence-electron chi connectivity index (χ4n) is 1.88. The fraction of sp³-hybridized carbons (Fsp3) is 0.188. The number of para-hydroxylation sites is 1. The lowest BCUT2D eigenvalue weighted by Crippen LogP contribution is -2.15. The van der Waals surface area contributed by atoms with Crippen LogP contribution in [0.25, 0.3) is 0 Å². The van der Waals surface area contributed by atoms with Crippen molar-refractivity contribution in [3.05, 3.63) is 56.6 Å². The number of nitrogens with one attached hydrogen (secondary N) is 2. The van der Waals surface area contributed by atoms with Crippen LogP contribution in [0.2, 0.25) is 5.02 Å². The van der Waals surface area contributed by atoms with Crippen molar-refractivity contribution in [3.8, 4) is 0 Å². The summed E-state index contributed by atoms with van der Waals surface area (Å²) in [4.78, 5) is 12.4. The summed E-state index contributed by atoms with van der Waals surface area (Å²) in [6.45, 7) is 2.91. The summed E-state index contributed by atoms with van der Waals surface area (Å²) in [6, 6.07) is 13.0. The first-order chi connectivity index (χ1) is 10.1. The maximum absolute atomic E-state index is 12.4. The van der Waals surface area contributed by atoms with Crippen LogP contribution in [0.3, 0.4) is 0 Å². The minimum atomic E-state index is -0.169. The van der Waals surface area contributed by atoms with Crippen LogP contribution in [-0.2, 0) is 0 Å². The fourth-order valence-corrected chi connectivity index (χ4v) is 2.78. The smallest absolute Gasteiger partial charge is 0.257 e. The van der Waals surface area contributed by atoms with E-state index in [4.69, 9.17) is 11.6 Å². The first-order valence-corrected chi connectivity index (χ1v) is 8.16. The second kappa shape index (κ2) is 7.66. The normalized spacial score (nSPS) is 10.2. The van der Waals surface area contributed by atoms with E-state index in [2.05, 4.69) is 40.1 Å². The molecule has 0 aromatic heterocycles. The molecule has 5 heteroatoms. The molecule has 0 aliphatic heterocycles. The molecule has 0 spiro atoms. The van der Waals surface area contributed by atoms with E-state index in [1.807, 2.05) is 36.4 Å². The van der Waals surface area contributed by atoms with Gasteiger partial charge in [-0.3, -0.25) is 4.79 Å². The van der Waals surface area contributed by atoms with Crippen LogP contribution in [0.5, 0.6) is 0 Å². The van der Waals surface area contributed by atoms with E-state index in [1.165, 1.54) is 0 Å². The molecule has 1 amide bonds. The van der Waals surface area contributed by atoms with Crippen LogP contribution in [0, 0.1) is 3.57 Å². The lowest BCUT2D eigenvalue weighted by molar-refractivity contribution is 0.102. The summed E-state index contributed by atoms with van der Waals surface area (Å²) in [7, 11) is 0. The molecule has 0 aliphatic rings. The van der Waals surface area contributed by atoms with Crippen molar-refractivity contribution in [2.24, 2.45) is 0 Å². The molecule has 21 heavy (non-hydrogen) atoms. The molecule has 3 nitrogen and oxygen atoms in total. The molecule has 0 fully saturated rings. The maximum atomic E-state index is 12.4. The third-order valence-electron chi connectivity index (χ3n) is 2.92. The summed E-state index contributed by atoms with van der Waals surface area (Å²) in [5, 5.41) is 6.65. The predicted octanol–water partition coefficient (Wildman–Crippen LogP) is 5.02. The summed E-state index contributed by atoms with van der Waals surface area (Å²) >= 11 is 8.33. The topological polar surface area (TPSA) is 41.1 Å². The van der Waals surface area contributed by atoms with Crippen molar-refractivity contribution in [3.63, 3.8) is 0 Å². The van der Waals surface area contributed by atoms with Gasteiger partial charge in [0.1, 0.15) is 0 Å². The third kappa shape index (κ3) is 4.35. The SMILES string of the molecule is CCCNc1ccccc1C(=O)Nc1ccc(I)cc1Cl. The minimum absolute atomic E-state index is 0.169. The molecule has 2 aromatic rings. The first-order valence-electron chi connectivity index (χ1n) is 6.71. The van der Waals surface area contributed by atoms with Crippen LogP contribution in [-0.4, -0.2) is 12.5 Å². The minimum Gasteiger partial charge on any atom is -0.384 e. The molecule has 0 radical (unpaired) electrons. The predicted molar refractivity (Wildman–Crippen MR) is 97.3 cm³/mol. The first kappa shape index (κ1) is 16.1. The van der Waals surface area contributed by atoms with Crippen molar-refractivity contribution >= 4 is 51.5 Å². The van der Waals surface area contributed by atoms with Gasteiger partial charge in [0, 0.05) is 15.8 Å². The van der Waals surface area contributed by atoms with E-state index in [9.17, 15) is 4.79 Å². The third-order valence-corrected chi connectivity index (χ3v) is 3.90. The van der Waals surface area contributed by atoms with Gasteiger partial charge in [0.15, 0.2) is 0 Å². The molecular formula is C16H16ClIN2O. The lowest BCUT2D eigenvalue weighted by atomic mass is 10.1. The second-order valence-electron chi connectivity index (χ2n) is 4.55. The molecule has 110 valence electrons. The van der Waals surface area contributed by atoms with Gasteiger partial charge in [-0.05, 0) is 59.3 Å². The maximum Gasteiger partial charge on any atom is 0.257 e. The molecular weight excluding hydrogens is 399 g/mol. The lowest BCUT2D eigenvalue weighted by Gasteiger charge is -2.12. The van der Waals surface area contributed by atoms with Gasteiger partial charge in [0.25, 0.3) is 5.91 Å². The Kier molecular flexibility index (Phi) is 5.87. The monoisotopic (exact) mass is 414 g/mol. The average Bonchev–Trinajstić information content (AvgIpc) is 2.48. The molecule has 0 saturated carbocycles. The van der Waals surface area contributed by atoms with Crippen LogP contribution in [0.15, 0.2) is 42.5 Å². The Labute approximate surface area is 143 Å². The van der Waals surface area contributed by atoms with Crippen LogP contribution in [0.4, 0.5) is 11.4 Å². The van der Waals surface area contributed by atoms with Gasteiger partial charge in [0.05, 0.1) is 16.3 Å². The zero-order valence-electron chi connectivity index (χ0n) is 11.6. The van der Waals surface area contributed by atoms with Gasteiger partial charge >= 0.3 is 0 Å². The molecule has 0 bridgehead atoms. The van der Waals surface area contributed by atoms with Crippen LogP contribution in [0.1, 0.15) is 23.7 Å². The highest BCUT2D eigenvalue weighted by molar-refractivity contribution is 14.1. The molecule has 0 atom stereocenters. The molecule has 2 aromatic carbocycles. The van der Waals surface area contributed by atoms with Crippen molar-refractivity contribution in [2.75, 3.05) is 17.2 Å². The van der Waals surface area contributed by atoms with Crippen molar-refractivity contribution in [1.29, 1.82) is 0 Å². The van der Waals surface area contributed by atoms with Crippen molar-refractivity contribution < 1.29 is 4.79 Å². The zero-order chi connectivity index (χ0) is 15.2. The van der Waals surface area contributed by atoms with Gasteiger partial charge in [-0.2, -0.15) is 0 Å². The number of amides is 1. The number of carbonyl (C=O) groups is 1. The molecule has 0 unspecified atom stereocenters. The highest BCUT2D eigenvalue weighted by atomic mass is 127. The Hall–Kier alpha value is -1.27. The highest BCUT2D eigenvalue weighted by Gasteiger charge is 2.12. The van der Waals surface area contributed by atoms with Gasteiger partial charge in [-0.1, -0.05) is 30.7 Å². The number of anilines is 2. The Morgan fingerprint density at radius 3 is 2.67 bits per heavy atom. The Bertz CT molecular complexity index is 646. The second-order valence-corrected chi connectivity index (χ2v) is 6.20. The van der Waals surface area contributed by atoms with Gasteiger partial charge in [0.2, 0.25) is 0 Å². The van der Waals surface area contributed by atoms with E-state index in [-0.39, 0.29) is 5.91 Å². The summed E-state index contributed by atoms with van der Waals surface area (Å²) in [5.41, 5.74) is 2.06. The van der Waals surface area contributed by atoms with E-state index < -0.39 is 0 Å². The molecule has 0 heterocycles. The summed E-state index contributed by atoms with van der Waals surface area (Å²) in [5.74, 6) is -0.169. The average molecular weight is 415 g/mol. The Balaban J connectivity index is 2.20. The van der Waals surface area contributed by atoms with Crippen LogP contribution >= 0.6 is 34.2 Å². The highest BCUT2D eigenvalue weighted by Crippen LogP contribution is 2.25. The van der Waals surface area contributed by atoms with Crippen LogP contribution < -0.4 is 10.6 Å². The zero-order valence-corrected chi connectivity index (χ0v) is 14.5. The van der Waals surface area contributed by atoms with E-state index in [0.29, 0.717) is 16.3 Å². The van der Waals surface area contributed by atoms with E-state index >= 15 is 0 Å². The number of halogens is 2. The summed E-state index contributed by atoms with van der Waals surface area (Å²) in [6.07, 6.45) is 0.999. The standard InChI is InChI=1S/C16H16ClIN2O/c1-2-9-19-14-6-4-3-5-12(14)16(21)20-15-8-7-11(18)10-13(15)17/h3-8,10,19H,2,9H2,1H3,(H,20,21). The van der Waals surface area contributed by atoms with E-state index in [0.717, 1.165) is 22.2 Å². The quantitative estimate of drug-likeness (QED) is 0.675. The number of hydrogen-bond acceptors (Lipinski definition) is 2. The number of hydrogen-bond donors (Lipinski definition) is 2. The number of rotatable bonds is 5. The Morgan fingerprint density at radius 2 is 1.95 bits per heavy atom. The number of benzene rings is 2. The largest absolute Gasteiger partial charge is 0.384 e. The molecule has 0 aliphatic carbocycles. The molecule has 0 saturated heterocycles. The van der Waals surface area contributed by atoms with Crippen molar-refractivity contribution in [2.45, 2.75) is 13.3 Å². The molecule has 2 rings (SSSR count). The van der Waals surface area contributed by atoms with E-state index in [1.54, 1.807) is 6.07 Å². The number of carbonyl (C=O) groups excluding carboxylic acids is 1. The van der Waals surface area contributed by atoms with Gasteiger partial charge < -0.3 is 10.6 Å². The van der Waals surface area contributed by atoms with Crippen molar-refractivity contribution in [1.82, 2.24) is 0 Å². The Morgan fingerprint density at radius 1 is 1.19 bits per heavy atom. The van der Waals surface area contributed by atoms with Gasteiger partial charge in [-0.25, -0.2) is 0 Å².